The van der Waals surface area contributed by atoms with Gasteiger partial charge in [0.25, 0.3) is 0 Å². The fourth-order valence-electron chi connectivity index (χ4n) is 2.35. The van der Waals surface area contributed by atoms with Gasteiger partial charge in [-0.15, -0.1) is 0 Å². The van der Waals surface area contributed by atoms with Gasteiger partial charge >= 0.3 is 0 Å². The van der Waals surface area contributed by atoms with E-state index in [-0.39, 0.29) is 17.7 Å². The average Bonchev–Trinajstić information content (AvgIpc) is 2.47. The van der Waals surface area contributed by atoms with Crippen LogP contribution < -0.4 is 10.2 Å². The van der Waals surface area contributed by atoms with E-state index in [4.69, 9.17) is 0 Å². The normalized spacial score (nSPS) is 15.2. The predicted molar refractivity (Wildman–Crippen MR) is 84.4 cm³/mol. The Morgan fingerprint density at radius 1 is 1.14 bits per heavy atom. The minimum Gasteiger partial charge on any atom is -0.368 e. The standard InChI is InChI=1S/C16H23N3O2/c1-12(2)16(21)17-14-5-4-6-15(11-14)19-9-7-18(8-10-19)13(3)20/h4-6,11-12H,7-10H2,1-3H3,(H,17,21). The molecule has 2 rings (SSSR count). The maximum Gasteiger partial charge on any atom is 0.226 e. The highest BCUT2D eigenvalue weighted by Gasteiger charge is 2.19. The second-order valence-electron chi connectivity index (χ2n) is 5.69. The van der Waals surface area contributed by atoms with E-state index < -0.39 is 0 Å². The van der Waals surface area contributed by atoms with Gasteiger partial charge in [-0.2, -0.15) is 0 Å². The van der Waals surface area contributed by atoms with E-state index in [2.05, 4.69) is 10.2 Å². The molecule has 1 heterocycles. The molecular weight excluding hydrogens is 266 g/mol. The molecule has 0 spiro atoms. The first-order chi connectivity index (χ1) is 9.97. The Morgan fingerprint density at radius 2 is 1.81 bits per heavy atom. The molecule has 114 valence electrons. The van der Waals surface area contributed by atoms with Gasteiger partial charge in [-0.05, 0) is 18.2 Å². The summed E-state index contributed by atoms with van der Waals surface area (Å²) in [7, 11) is 0. The highest BCUT2D eigenvalue weighted by molar-refractivity contribution is 5.92. The van der Waals surface area contributed by atoms with Crippen molar-refractivity contribution in [1.82, 2.24) is 4.90 Å². The zero-order chi connectivity index (χ0) is 15.4. The molecule has 21 heavy (non-hydrogen) atoms. The largest absolute Gasteiger partial charge is 0.368 e. The van der Waals surface area contributed by atoms with E-state index in [0.717, 1.165) is 37.6 Å². The highest BCUT2D eigenvalue weighted by Crippen LogP contribution is 2.21. The van der Waals surface area contributed by atoms with Crippen LogP contribution in [0, 0.1) is 5.92 Å². The Morgan fingerprint density at radius 3 is 2.38 bits per heavy atom. The molecule has 1 aromatic carbocycles. The van der Waals surface area contributed by atoms with E-state index in [1.54, 1.807) is 6.92 Å². The SMILES string of the molecule is CC(=O)N1CCN(c2cccc(NC(=O)C(C)C)c2)CC1. The third kappa shape index (κ3) is 3.97. The van der Waals surface area contributed by atoms with E-state index >= 15 is 0 Å². The molecule has 1 aliphatic heterocycles. The summed E-state index contributed by atoms with van der Waals surface area (Å²) < 4.78 is 0. The van der Waals surface area contributed by atoms with Crippen LogP contribution >= 0.6 is 0 Å². The summed E-state index contributed by atoms with van der Waals surface area (Å²) in [5.74, 6) is 0.119. The molecule has 1 aromatic rings. The van der Waals surface area contributed by atoms with Crippen LogP contribution in [0.2, 0.25) is 0 Å². The van der Waals surface area contributed by atoms with E-state index in [1.807, 2.05) is 43.0 Å². The van der Waals surface area contributed by atoms with Crippen molar-refractivity contribution in [2.75, 3.05) is 36.4 Å². The Labute approximate surface area is 125 Å². The van der Waals surface area contributed by atoms with Gasteiger partial charge in [0, 0.05) is 50.4 Å². The van der Waals surface area contributed by atoms with Crippen LogP contribution in [0.4, 0.5) is 11.4 Å². The number of amides is 2. The first-order valence-corrected chi connectivity index (χ1v) is 7.39. The molecule has 2 amide bonds. The average molecular weight is 289 g/mol. The third-order valence-electron chi connectivity index (χ3n) is 3.73. The van der Waals surface area contributed by atoms with Crippen LogP contribution in [0.15, 0.2) is 24.3 Å². The van der Waals surface area contributed by atoms with Gasteiger partial charge in [0.15, 0.2) is 0 Å². The van der Waals surface area contributed by atoms with E-state index in [0.29, 0.717) is 0 Å². The number of piperazine rings is 1. The molecule has 0 aliphatic carbocycles. The summed E-state index contributed by atoms with van der Waals surface area (Å²) in [6.07, 6.45) is 0. The van der Waals surface area contributed by atoms with E-state index in [9.17, 15) is 9.59 Å². The number of carbonyl (C=O) groups is 2. The van der Waals surface area contributed by atoms with Crippen molar-refractivity contribution in [3.05, 3.63) is 24.3 Å². The van der Waals surface area contributed by atoms with Gasteiger partial charge < -0.3 is 15.1 Å². The zero-order valence-corrected chi connectivity index (χ0v) is 12.9. The lowest BCUT2D eigenvalue weighted by molar-refractivity contribution is -0.129. The lowest BCUT2D eigenvalue weighted by Crippen LogP contribution is -2.48. The molecule has 5 nitrogen and oxygen atoms in total. The van der Waals surface area contributed by atoms with Gasteiger partial charge in [0.2, 0.25) is 11.8 Å². The molecule has 0 bridgehead atoms. The topological polar surface area (TPSA) is 52.7 Å². The molecule has 0 saturated carbocycles. The first-order valence-electron chi connectivity index (χ1n) is 7.39. The Kier molecular flexibility index (Phi) is 4.83. The third-order valence-corrected chi connectivity index (χ3v) is 3.73. The lowest BCUT2D eigenvalue weighted by atomic mass is 10.2. The quantitative estimate of drug-likeness (QED) is 0.925. The predicted octanol–water partition coefficient (Wildman–Crippen LogP) is 1.95. The summed E-state index contributed by atoms with van der Waals surface area (Å²) in [5, 5.41) is 2.92. The van der Waals surface area contributed by atoms with Gasteiger partial charge in [0.1, 0.15) is 0 Å². The number of hydrogen-bond acceptors (Lipinski definition) is 3. The Hall–Kier alpha value is -2.04. The van der Waals surface area contributed by atoms with Crippen LogP contribution in [-0.4, -0.2) is 42.9 Å². The van der Waals surface area contributed by atoms with E-state index in [1.165, 1.54) is 0 Å². The van der Waals surface area contributed by atoms with Crippen molar-refractivity contribution in [3.8, 4) is 0 Å². The lowest BCUT2D eigenvalue weighted by Gasteiger charge is -2.35. The second kappa shape index (κ2) is 6.61. The number of anilines is 2. The highest BCUT2D eigenvalue weighted by atomic mass is 16.2. The number of carbonyl (C=O) groups excluding carboxylic acids is 2. The fourth-order valence-corrected chi connectivity index (χ4v) is 2.35. The van der Waals surface area contributed by atoms with Crippen LogP contribution in [-0.2, 0) is 9.59 Å². The van der Waals surface area contributed by atoms with Crippen molar-refractivity contribution in [3.63, 3.8) is 0 Å². The number of rotatable bonds is 3. The number of hydrogen-bond donors (Lipinski definition) is 1. The number of nitrogens with zero attached hydrogens (tertiary/aromatic N) is 2. The molecule has 5 heteroatoms. The minimum atomic E-state index is -0.0345. The first kappa shape index (κ1) is 15.4. The number of benzene rings is 1. The van der Waals surface area contributed by atoms with Crippen molar-refractivity contribution < 1.29 is 9.59 Å². The van der Waals surface area contributed by atoms with Crippen molar-refractivity contribution in [1.29, 1.82) is 0 Å². The molecule has 1 fully saturated rings. The van der Waals surface area contributed by atoms with Crippen molar-refractivity contribution >= 4 is 23.2 Å². The summed E-state index contributed by atoms with van der Waals surface area (Å²) in [6.45, 7) is 8.50. The summed E-state index contributed by atoms with van der Waals surface area (Å²) >= 11 is 0. The van der Waals surface area contributed by atoms with Crippen LogP contribution in [0.3, 0.4) is 0 Å². The zero-order valence-electron chi connectivity index (χ0n) is 12.9. The van der Waals surface area contributed by atoms with Gasteiger partial charge in [0.05, 0.1) is 0 Å². The second-order valence-corrected chi connectivity index (χ2v) is 5.69. The molecule has 1 aliphatic rings. The van der Waals surface area contributed by atoms with Crippen molar-refractivity contribution in [2.45, 2.75) is 20.8 Å². The molecule has 0 aromatic heterocycles. The van der Waals surface area contributed by atoms with Gasteiger partial charge in [-0.1, -0.05) is 19.9 Å². The summed E-state index contributed by atoms with van der Waals surface area (Å²) in [6, 6.07) is 7.87. The molecule has 1 N–H and O–H groups in total. The van der Waals surface area contributed by atoms with Crippen molar-refractivity contribution in [2.24, 2.45) is 5.92 Å². The summed E-state index contributed by atoms with van der Waals surface area (Å²) in [5.41, 5.74) is 1.90. The maximum atomic E-state index is 11.7. The minimum absolute atomic E-state index is 0.0218. The maximum absolute atomic E-state index is 11.7. The molecule has 0 atom stereocenters. The van der Waals surface area contributed by atoms with Crippen LogP contribution in [0.25, 0.3) is 0 Å². The van der Waals surface area contributed by atoms with Crippen LogP contribution in [0.1, 0.15) is 20.8 Å². The Bertz CT molecular complexity index is 520. The summed E-state index contributed by atoms with van der Waals surface area (Å²) in [4.78, 5) is 27.2. The molecule has 0 unspecified atom stereocenters. The number of nitrogens with one attached hydrogen (secondary N) is 1. The molecular formula is C16H23N3O2. The van der Waals surface area contributed by atoms with Crippen LogP contribution in [0.5, 0.6) is 0 Å². The Balaban J connectivity index is 2.01. The van der Waals surface area contributed by atoms with Gasteiger partial charge in [-0.25, -0.2) is 0 Å². The molecule has 1 saturated heterocycles. The van der Waals surface area contributed by atoms with Gasteiger partial charge in [-0.3, -0.25) is 9.59 Å². The smallest absolute Gasteiger partial charge is 0.226 e. The monoisotopic (exact) mass is 289 g/mol. The fraction of sp³-hybridized carbons (Fsp3) is 0.500. The molecule has 0 radical (unpaired) electrons.